The van der Waals surface area contributed by atoms with Gasteiger partial charge in [-0.3, -0.25) is 9.58 Å². The Bertz CT molecular complexity index is 551. The van der Waals surface area contributed by atoms with E-state index >= 15 is 0 Å². The summed E-state index contributed by atoms with van der Waals surface area (Å²) in [5.74, 6) is 1.90. The molecule has 0 radical (unpaired) electrons. The van der Waals surface area contributed by atoms with Gasteiger partial charge >= 0.3 is 0 Å². The zero-order valence-electron chi connectivity index (χ0n) is 12.5. The summed E-state index contributed by atoms with van der Waals surface area (Å²) < 4.78 is 7.21. The standard InChI is InChI=1S/C13H21N7O/c1-18(2)13-15-12(21-16-13)10-19-6-3-4-11(8-19)9-20-7-5-14-17-20/h5,7,11H,3-4,6,8-10H2,1-2H3. The normalized spacial score (nSPS) is 19.8. The summed E-state index contributed by atoms with van der Waals surface area (Å²) >= 11 is 0. The third-order valence-electron chi connectivity index (χ3n) is 3.74. The summed E-state index contributed by atoms with van der Waals surface area (Å²) in [5.41, 5.74) is 0. The molecule has 1 unspecified atom stereocenters. The van der Waals surface area contributed by atoms with Crippen LogP contribution in [0.15, 0.2) is 16.9 Å². The van der Waals surface area contributed by atoms with Crippen molar-refractivity contribution < 1.29 is 4.52 Å². The molecule has 0 aromatic carbocycles. The number of aromatic nitrogens is 5. The van der Waals surface area contributed by atoms with Crippen LogP contribution in [0.1, 0.15) is 18.7 Å². The van der Waals surface area contributed by atoms with E-state index in [1.807, 2.05) is 29.9 Å². The van der Waals surface area contributed by atoms with Gasteiger partial charge in [-0.1, -0.05) is 5.21 Å². The highest BCUT2D eigenvalue weighted by molar-refractivity contribution is 5.23. The van der Waals surface area contributed by atoms with Gasteiger partial charge in [0.15, 0.2) is 0 Å². The van der Waals surface area contributed by atoms with E-state index in [1.165, 1.54) is 12.8 Å². The van der Waals surface area contributed by atoms with Crippen molar-refractivity contribution in [1.82, 2.24) is 30.0 Å². The van der Waals surface area contributed by atoms with Crippen molar-refractivity contribution in [3.8, 4) is 0 Å². The number of nitrogens with zero attached hydrogens (tertiary/aromatic N) is 7. The first-order valence-electron chi connectivity index (χ1n) is 7.27. The molecule has 2 aromatic heterocycles. The van der Waals surface area contributed by atoms with Crippen molar-refractivity contribution in [1.29, 1.82) is 0 Å². The van der Waals surface area contributed by atoms with E-state index in [4.69, 9.17) is 4.52 Å². The molecule has 0 aliphatic carbocycles. The molecule has 3 heterocycles. The van der Waals surface area contributed by atoms with Gasteiger partial charge in [-0.25, -0.2) is 0 Å². The number of likely N-dealkylation sites (tertiary alicyclic amines) is 1. The van der Waals surface area contributed by atoms with Crippen molar-refractivity contribution in [2.45, 2.75) is 25.9 Å². The van der Waals surface area contributed by atoms with Gasteiger partial charge < -0.3 is 9.42 Å². The minimum absolute atomic E-state index is 0.594. The zero-order chi connectivity index (χ0) is 14.7. The van der Waals surface area contributed by atoms with Crippen molar-refractivity contribution in [3.63, 3.8) is 0 Å². The minimum Gasteiger partial charge on any atom is -0.344 e. The van der Waals surface area contributed by atoms with E-state index in [0.717, 1.165) is 19.6 Å². The highest BCUT2D eigenvalue weighted by atomic mass is 16.5. The fraction of sp³-hybridized carbons (Fsp3) is 0.692. The minimum atomic E-state index is 0.594. The Kier molecular flexibility index (Phi) is 4.14. The van der Waals surface area contributed by atoms with Gasteiger partial charge in [0.25, 0.3) is 5.95 Å². The SMILES string of the molecule is CN(C)c1noc(CN2CCCC(Cn3ccnn3)C2)n1. The van der Waals surface area contributed by atoms with Gasteiger partial charge in [0.2, 0.25) is 5.89 Å². The Morgan fingerprint density at radius 1 is 1.43 bits per heavy atom. The summed E-state index contributed by atoms with van der Waals surface area (Å²) in [6.45, 7) is 3.74. The molecular weight excluding hydrogens is 270 g/mol. The van der Waals surface area contributed by atoms with Crippen LogP contribution in [0.25, 0.3) is 0 Å². The molecule has 1 saturated heterocycles. The highest BCUT2D eigenvalue weighted by Crippen LogP contribution is 2.20. The number of hydrogen-bond donors (Lipinski definition) is 0. The Morgan fingerprint density at radius 3 is 3.05 bits per heavy atom. The van der Waals surface area contributed by atoms with Crippen LogP contribution in [-0.4, -0.2) is 57.2 Å². The van der Waals surface area contributed by atoms with Gasteiger partial charge in [-0.15, -0.1) is 5.10 Å². The first-order chi connectivity index (χ1) is 10.2. The van der Waals surface area contributed by atoms with Gasteiger partial charge in [-0.2, -0.15) is 4.98 Å². The molecule has 8 heteroatoms. The summed E-state index contributed by atoms with van der Waals surface area (Å²) in [6, 6.07) is 0. The molecule has 0 N–H and O–H groups in total. The lowest BCUT2D eigenvalue weighted by Gasteiger charge is -2.31. The molecule has 0 bridgehead atoms. The predicted octanol–water partition coefficient (Wildman–Crippen LogP) is 0.639. The van der Waals surface area contributed by atoms with Crippen molar-refractivity contribution in [2.75, 3.05) is 32.1 Å². The van der Waals surface area contributed by atoms with Crippen LogP contribution in [0.3, 0.4) is 0 Å². The molecule has 1 aliphatic heterocycles. The van der Waals surface area contributed by atoms with Crippen LogP contribution in [0.5, 0.6) is 0 Å². The number of anilines is 1. The first kappa shape index (κ1) is 14.0. The van der Waals surface area contributed by atoms with Crippen LogP contribution in [-0.2, 0) is 13.1 Å². The maximum atomic E-state index is 5.30. The second-order valence-electron chi connectivity index (χ2n) is 5.75. The van der Waals surface area contributed by atoms with Crippen LogP contribution < -0.4 is 4.90 Å². The second-order valence-corrected chi connectivity index (χ2v) is 5.75. The zero-order valence-corrected chi connectivity index (χ0v) is 12.5. The second kappa shape index (κ2) is 6.21. The first-order valence-corrected chi connectivity index (χ1v) is 7.27. The molecular formula is C13H21N7O. The van der Waals surface area contributed by atoms with Crippen LogP contribution in [0, 0.1) is 5.92 Å². The lowest BCUT2D eigenvalue weighted by molar-refractivity contribution is 0.138. The van der Waals surface area contributed by atoms with Crippen molar-refractivity contribution in [3.05, 3.63) is 18.3 Å². The van der Waals surface area contributed by atoms with Crippen molar-refractivity contribution in [2.24, 2.45) is 5.92 Å². The Labute approximate surface area is 123 Å². The average molecular weight is 291 g/mol. The molecule has 0 saturated carbocycles. The van der Waals surface area contributed by atoms with E-state index in [9.17, 15) is 0 Å². The quantitative estimate of drug-likeness (QED) is 0.800. The summed E-state index contributed by atoms with van der Waals surface area (Å²) in [7, 11) is 3.81. The molecule has 1 fully saturated rings. The van der Waals surface area contributed by atoms with Crippen LogP contribution in [0.4, 0.5) is 5.95 Å². The number of hydrogen-bond acceptors (Lipinski definition) is 7. The summed E-state index contributed by atoms with van der Waals surface area (Å²) in [6.07, 6.45) is 6.05. The maximum absolute atomic E-state index is 5.30. The molecule has 1 aliphatic rings. The van der Waals surface area contributed by atoms with E-state index in [2.05, 4.69) is 25.4 Å². The van der Waals surface area contributed by atoms with E-state index in [0.29, 0.717) is 24.3 Å². The topological polar surface area (TPSA) is 76.1 Å². The monoisotopic (exact) mass is 291 g/mol. The summed E-state index contributed by atoms with van der Waals surface area (Å²) in [5, 5.41) is 11.9. The molecule has 8 nitrogen and oxygen atoms in total. The fourth-order valence-corrected chi connectivity index (χ4v) is 2.72. The molecule has 3 rings (SSSR count). The Hall–Kier alpha value is -1.96. The van der Waals surface area contributed by atoms with E-state index < -0.39 is 0 Å². The molecule has 114 valence electrons. The lowest BCUT2D eigenvalue weighted by Crippen LogP contribution is -2.36. The van der Waals surface area contributed by atoms with Crippen LogP contribution >= 0.6 is 0 Å². The van der Waals surface area contributed by atoms with E-state index in [1.54, 1.807) is 6.20 Å². The van der Waals surface area contributed by atoms with E-state index in [-0.39, 0.29) is 0 Å². The van der Waals surface area contributed by atoms with Gasteiger partial charge in [0.1, 0.15) is 0 Å². The van der Waals surface area contributed by atoms with Crippen molar-refractivity contribution >= 4 is 5.95 Å². The number of rotatable bonds is 5. The van der Waals surface area contributed by atoms with Gasteiger partial charge in [-0.05, 0) is 30.5 Å². The molecule has 0 spiro atoms. The third kappa shape index (κ3) is 3.57. The molecule has 2 aromatic rings. The third-order valence-corrected chi connectivity index (χ3v) is 3.74. The average Bonchev–Trinajstić information content (AvgIpc) is 3.11. The smallest absolute Gasteiger partial charge is 0.265 e. The predicted molar refractivity (Wildman–Crippen MR) is 76.6 cm³/mol. The van der Waals surface area contributed by atoms with Gasteiger partial charge in [0.05, 0.1) is 12.7 Å². The molecule has 21 heavy (non-hydrogen) atoms. The molecule has 0 amide bonds. The molecule has 1 atom stereocenters. The fourth-order valence-electron chi connectivity index (χ4n) is 2.72. The van der Waals surface area contributed by atoms with Gasteiger partial charge in [0, 0.05) is 33.4 Å². The largest absolute Gasteiger partial charge is 0.344 e. The summed E-state index contributed by atoms with van der Waals surface area (Å²) in [4.78, 5) is 8.60. The number of piperidine rings is 1. The Balaban J connectivity index is 1.55. The van der Waals surface area contributed by atoms with Crippen LogP contribution in [0.2, 0.25) is 0 Å². The maximum Gasteiger partial charge on any atom is 0.265 e. The lowest BCUT2D eigenvalue weighted by atomic mass is 9.98. The Morgan fingerprint density at radius 2 is 2.33 bits per heavy atom. The highest BCUT2D eigenvalue weighted by Gasteiger charge is 2.22.